The Morgan fingerprint density at radius 2 is 2.17 bits per heavy atom. The van der Waals surface area contributed by atoms with Gasteiger partial charge in [-0.2, -0.15) is 0 Å². The minimum absolute atomic E-state index is 0.0838. The van der Waals surface area contributed by atoms with Gasteiger partial charge < -0.3 is 13.9 Å². The van der Waals surface area contributed by atoms with Gasteiger partial charge in [0.25, 0.3) is 5.91 Å². The lowest BCUT2D eigenvalue weighted by Gasteiger charge is -2.31. The molecule has 1 aliphatic heterocycles. The molecule has 0 atom stereocenters. The smallest absolute Gasteiger partial charge is 0.257 e. The SMILES string of the molecule is CCCn1c(C)cnc1CC1CCN(C(=O)c2ccoc2)CC1. The Hall–Kier alpha value is -2.04. The third-order valence-corrected chi connectivity index (χ3v) is 4.73. The van der Waals surface area contributed by atoms with Crippen molar-refractivity contribution in [3.05, 3.63) is 41.9 Å². The van der Waals surface area contributed by atoms with Gasteiger partial charge in [0.15, 0.2) is 0 Å². The zero-order valence-corrected chi connectivity index (χ0v) is 14.0. The number of rotatable bonds is 5. The lowest BCUT2D eigenvalue weighted by molar-refractivity contribution is 0.0689. The summed E-state index contributed by atoms with van der Waals surface area (Å²) in [7, 11) is 0. The third kappa shape index (κ3) is 3.49. The van der Waals surface area contributed by atoms with E-state index in [1.54, 1.807) is 12.3 Å². The van der Waals surface area contributed by atoms with Crippen LogP contribution in [0.5, 0.6) is 0 Å². The first-order chi connectivity index (χ1) is 11.2. The molecule has 3 rings (SSSR count). The van der Waals surface area contributed by atoms with Gasteiger partial charge in [0.1, 0.15) is 12.1 Å². The van der Waals surface area contributed by atoms with Crippen LogP contribution in [0.3, 0.4) is 0 Å². The number of amides is 1. The van der Waals surface area contributed by atoms with Crippen molar-refractivity contribution >= 4 is 5.91 Å². The number of hydrogen-bond donors (Lipinski definition) is 0. The molecule has 1 aliphatic rings. The highest BCUT2D eigenvalue weighted by atomic mass is 16.3. The molecule has 0 N–H and O–H groups in total. The standard InChI is InChI=1S/C18H25N3O2/c1-3-7-21-14(2)12-19-17(21)11-15-4-8-20(9-5-15)18(22)16-6-10-23-13-16/h6,10,12-13,15H,3-5,7-9,11H2,1-2H3. The Morgan fingerprint density at radius 1 is 1.39 bits per heavy atom. The average molecular weight is 315 g/mol. The van der Waals surface area contributed by atoms with Gasteiger partial charge >= 0.3 is 0 Å². The first-order valence-electron chi connectivity index (χ1n) is 8.51. The van der Waals surface area contributed by atoms with E-state index in [0.29, 0.717) is 11.5 Å². The Morgan fingerprint density at radius 3 is 2.83 bits per heavy atom. The molecule has 3 heterocycles. The van der Waals surface area contributed by atoms with Crippen molar-refractivity contribution < 1.29 is 9.21 Å². The predicted molar refractivity (Wildman–Crippen MR) is 88.3 cm³/mol. The average Bonchev–Trinajstić information content (AvgIpc) is 3.21. The minimum Gasteiger partial charge on any atom is -0.472 e. The lowest BCUT2D eigenvalue weighted by Crippen LogP contribution is -2.38. The number of aromatic nitrogens is 2. The summed E-state index contributed by atoms with van der Waals surface area (Å²) in [5, 5.41) is 0. The number of carbonyl (C=O) groups is 1. The van der Waals surface area contributed by atoms with Gasteiger partial charge in [-0.1, -0.05) is 6.92 Å². The zero-order chi connectivity index (χ0) is 16.2. The van der Waals surface area contributed by atoms with E-state index in [-0.39, 0.29) is 5.91 Å². The highest BCUT2D eigenvalue weighted by Gasteiger charge is 2.25. The van der Waals surface area contributed by atoms with Crippen LogP contribution in [0.15, 0.2) is 29.2 Å². The molecule has 0 aromatic carbocycles. The van der Waals surface area contributed by atoms with Crippen molar-refractivity contribution in [2.45, 2.75) is 46.1 Å². The van der Waals surface area contributed by atoms with Crippen molar-refractivity contribution in [1.82, 2.24) is 14.5 Å². The third-order valence-electron chi connectivity index (χ3n) is 4.73. The summed E-state index contributed by atoms with van der Waals surface area (Å²) in [6, 6.07) is 1.73. The first-order valence-corrected chi connectivity index (χ1v) is 8.51. The van der Waals surface area contributed by atoms with E-state index in [1.807, 2.05) is 11.1 Å². The molecule has 5 nitrogen and oxygen atoms in total. The molecule has 0 radical (unpaired) electrons. The van der Waals surface area contributed by atoms with E-state index in [9.17, 15) is 4.79 Å². The van der Waals surface area contributed by atoms with Crippen molar-refractivity contribution in [2.24, 2.45) is 5.92 Å². The van der Waals surface area contributed by atoms with Gasteiger partial charge in [-0.15, -0.1) is 0 Å². The monoisotopic (exact) mass is 315 g/mol. The highest BCUT2D eigenvalue weighted by molar-refractivity contribution is 5.93. The molecule has 124 valence electrons. The fourth-order valence-corrected chi connectivity index (χ4v) is 3.37. The first kappa shape index (κ1) is 15.8. The topological polar surface area (TPSA) is 51.3 Å². The molecule has 5 heteroatoms. The largest absolute Gasteiger partial charge is 0.472 e. The normalized spacial score (nSPS) is 16.0. The molecule has 23 heavy (non-hydrogen) atoms. The molecule has 0 bridgehead atoms. The van der Waals surface area contributed by atoms with Crippen molar-refractivity contribution in [3.63, 3.8) is 0 Å². The second-order valence-electron chi connectivity index (χ2n) is 6.42. The maximum atomic E-state index is 12.3. The van der Waals surface area contributed by atoms with Gasteiger partial charge in [-0.05, 0) is 38.2 Å². The van der Waals surface area contributed by atoms with E-state index < -0.39 is 0 Å². The molecule has 0 aliphatic carbocycles. The van der Waals surface area contributed by atoms with Crippen LogP contribution in [0, 0.1) is 12.8 Å². The Kier molecular flexibility index (Phi) is 4.84. The molecular formula is C18H25N3O2. The van der Waals surface area contributed by atoms with Gasteiger partial charge in [0, 0.05) is 37.9 Å². The number of nitrogens with zero attached hydrogens (tertiary/aromatic N) is 3. The number of aryl methyl sites for hydroxylation is 1. The van der Waals surface area contributed by atoms with Crippen LogP contribution in [-0.2, 0) is 13.0 Å². The second-order valence-corrected chi connectivity index (χ2v) is 6.42. The van der Waals surface area contributed by atoms with E-state index in [4.69, 9.17) is 4.42 Å². The van der Waals surface area contributed by atoms with Crippen LogP contribution < -0.4 is 0 Å². The number of piperidine rings is 1. The number of likely N-dealkylation sites (tertiary alicyclic amines) is 1. The zero-order valence-electron chi connectivity index (χ0n) is 14.0. The summed E-state index contributed by atoms with van der Waals surface area (Å²) in [4.78, 5) is 18.8. The van der Waals surface area contributed by atoms with E-state index in [0.717, 1.165) is 45.3 Å². The molecule has 0 unspecified atom stereocenters. The van der Waals surface area contributed by atoms with Gasteiger partial charge in [-0.3, -0.25) is 4.79 Å². The number of carbonyl (C=O) groups excluding carboxylic acids is 1. The van der Waals surface area contributed by atoms with Crippen molar-refractivity contribution in [2.75, 3.05) is 13.1 Å². The minimum atomic E-state index is 0.0838. The molecular weight excluding hydrogens is 290 g/mol. The molecule has 0 saturated carbocycles. The Balaban J connectivity index is 1.56. The van der Waals surface area contributed by atoms with Crippen LogP contribution in [0.1, 0.15) is 48.1 Å². The molecule has 2 aromatic heterocycles. The second kappa shape index (κ2) is 7.02. The number of hydrogen-bond acceptors (Lipinski definition) is 3. The van der Waals surface area contributed by atoms with Crippen LogP contribution >= 0.6 is 0 Å². The fraction of sp³-hybridized carbons (Fsp3) is 0.556. The van der Waals surface area contributed by atoms with Crippen molar-refractivity contribution in [1.29, 1.82) is 0 Å². The molecule has 2 aromatic rings. The van der Waals surface area contributed by atoms with E-state index in [1.165, 1.54) is 17.8 Å². The van der Waals surface area contributed by atoms with E-state index >= 15 is 0 Å². The van der Waals surface area contributed by atoms with Crippen LogP contribution in [0.4, 0.5) is 0 Å². The van der Waals surface area contributed by atoms with E-state index in [2.05, 4.69) is 23.4 Å². The van der Waals surface area contributed by atoms with Gasteiger partial charge in [-0.25, -0.2) is 4.98 Å². The molecule has 0 spiro atoms. The van der Waals surface area contributed by atoms with Gasteiger partial charge in [0.05, 0.1) is 11.8 Å². The maximum Gasteiger partial charge on any atom is 0.257 e. The summed E-state index contributed by atoms with van der Waals surface area (Å²) < 4.78 is 7.34. The fourth-order valence-electron chi connectivity index (χ4n) is 3.37. The number of furan rings is 1. The van der Waals surface area contributed by atoms with Crippen LogP contribution in [0.25, 0.3) is 0 Å². The summed E-state index contributed by atoms with van der Waals surface area (Å²) in [6.45, 7) is 7.00. The molecule has 1 saturated heterocycles. The summed E-state index contributed by atoms with van der Waals surface area (Å²) in [5.41, 5.74) is 1.90. The predicted octanol–water partition coefficient (Wildman–Crippen LogP) is 3.29. The van der Waals surface area contributed by atoms with Gasteiger partial charge in [0.2, 0.25) is 0 Å². The Bertz CT molecular complexity index is 637. The quantitative estimate of drug-likeness (QED) is 0.851. The molecule has 1 amide bonds. The lowest BCUT2D eigenvalue weighted by atomic mass is 9.93. The number of imidazole rings is 1. The highest BCUT2D eigenvalue weighted by Crippen LogP contribution is 2.23. The van der Waals surface area contributed by atoms with Crippen LogP contribution in [-0.4, -0.2) is 33.4 Å². The maximum absolute atomic E-state index is 12.3. The summed E-state index contributed by atoms with van der Waals surface area (Å²) in [5.74, 6) is 1.89. The van der Waals surface area contributed by atoms with Crippen molar-refractivity contribution in [3.8, 4) is 0 Å². The molecule has 1 fully saturated rings. The summed E-state index contributed by atoms with van der Waals surface area (Å²) >= 11 is 0. The van der Waals surface area contributed by atoms with Crippen LogP contribution in [0.2, 0.25) is 0 Å². The Labute approximate surface area is 137 Å². The summed E-state index contributed by atoms with van der Waals surface area (Å²) in [6.07, 6.45) is 9.28.